The number of rotatable bonds is 5. The van der Waals surface area contributed by atoms with Crippen LogP contribution in [0.25, 0.3) is 0 Å². The average molecular weight is 440 g/mol. The van der Waals surface area contributed by atoms with Gasteiger partial charge in [-0.15, -0.1) is 11.8 Å². The summed E-state index contributed by atoms with van der Waals surface area (Å²) < 4.78 is 43.3. The van der Waals surface area contributed by atoms with E-state index in [-0.39, 0.29) is 11.2 Å². The van der Waals surface area contributed by atoms with Crippen LogP contribution in [0.3, 0.4) is 0 Å². The van der Waals surface area contributed by atoms with E-state index in [9.17, 15) is 18.0 Å². The largest absolute Gasteiger partial charge is 0.497 e. The molecule has 1 aliphatic rings. The summed E-state index contributed by atoms with van der Waals surface area (Å²) in [5, 5.41) is -0.242. The zero-order valence-corrected chi connectivity index (χ0v) is 17.7. The van der Waals surface area contributed by atoms with E-state index in [1.54, 1.807) is 7.11 Å². The zero-order valence-electron chi connectivity index (χ0n) is 16.9. The number of anilines is 1. The van der Waals surface area contributed by atoms with Gasteiger partial charge in [0.15, 0.2) is 0 Å². The van der Waals surface area contributed by atoms with Crippen LogP contribution in [0, 0.1) is 0 Å². The van der Waals surface area contributed by atoms with E-state index in [0.717, 1.165) is 29.3 Å². The van der Waals surface area contributed by atoms with Gasteiger partial charge in [0, 0.05) is 37.3 Å². The Bertz CT molecular complexity index is 844. The Balaban J connectivity index is 1.57. The topological polar surface area (TPSA) is 45.7 Å². The number of carbonyl (C=O) groups excluding carboxylic acids is 1. The minimum atomic E-state index is -4.40. The summed E-state index contributed by atoms with van der Waals surface area (Å²) >= 11 is 1.49. The summed E-state index contributed by atoms with van der Waals surface area (Å²) in [6, 6.07) is 10.0. The fourth-order valence-electron chi connectivity index (χ4n) is 3.27. The minimum Gasteiger partial charge on any atom is -0.497 e. The van der Waals surface area contributed by atoms with Crippen LogP contribution in [0.2, 0.25) is 0 Å². The van der Waals surface area contributed by atoms with Crippen LogP contribution in [-0.4, -0.2) is 54.3 Å². The second-order valence-electron chi connectivity index (χ2n) is 7.00. The number of pyridine rings is 1. The number of methoxy groups -OCH3 is 1. The molecule has 3 rings (SSSR count). The van der Waals surface area contributed by atoms with Crippen LogP contribution in [0.15, 0.2) is 47.5 Å². The molecule has 0 aliphatic carbocycles. The number of carbonyl (C=O) groups is 1. The Morgan fingerprint density at radius 3 is 2.43 bits per heavy atom. The van der Waals surface area contributed by atoms with Gasteiger partial charge in [-0.2, -0.15) is 13.2 Å². The number of alkyl halides is 3. The summed E-state index contributed by atoms with van der Waals surface area (Å²) in [5.74, 6) is 1.32. The van der Waals surface area contributed by atoms with Gasteiger partial charge in [0.25, 0.3) is 0 Å². The van der Waals surface area contributed by atoms with Gasteiger partial charge in [-0.1, -0.05) is 0 Å². The van der Waals surface area contributed by atoms with Gasteiger partial charge in [-0.05, 0) is 49.7 Å². The summed E-state index contributed by atoms with van der Waals surface area (Å²) in [4.78, 5) is 21.6. The summed E-state index contributed by atoms with van der Waals surface area (Å²) in [7, 11) is 1.61. The number of nitrogens with zero attached hydrogens (tertiary/aromatic N) is 3. The summed E-state index contributed by atoms with van der Waals surface area (Å²) in [6.07, 6.45) is -2.81. The molecule has 1 unspecified atom stereocenters. The van der Waals surface area contributed by atoms with Crippen molar-refractivity contribution in [3.05, 3.63) is 48.2 Å². The lowest BCUT2D eigenvalue weighted by Gasteiger charge is -2.25. The molecule has 9 heteroatoms. The van der Waals surface area contributed by atoms with Gasteiger partial charge in [-0.25, -0.2) is 4.98 Å². The van der Waals surface area contributed by atoms with Gasteiger partial charge in [-0.3, -0.25) is 4.79 Å². The lowest BCUT2D eigenvalue weighted by atomic mass is 10.2. The van der Waals surface area contributed by atoms with Crippen LogP contribution in [0.4, 0.5) is 19.0 Å². The molecule has 0 radical (unpaired) electrons. The van der Waals surface area contributed by atoms with Crippen molar-refractivity contribution >= 4 is 23.5 Å². The Hall–Kier alpha value is -2.42. The number of amides is 1. The monoisotopic (exact) mass is 439 g/mol. The van der Waals surface area contributed by atoms with Crippen molar-refractivity contribution in [1.82, 2.24) is 9.88 Å². The van der Waals surface area contributed by atoms with Gasteiger partial charge >= 0.3 is 6.18 Å². The van der Waals surface area contributed by atoms with Crippen LogP contribution < -0.4 is 9.64 Å². The zero-order chi connectivity index (χ0) is 21.7. The third kappa shape index (κ3) is 5.59. The van der Waals surface area contributed by atoms with E-state index >= 15 is 0 Å². The Morgan fingerprint density at radius 2 is 1.83 bits per heavy atom. The first-order valence-corrected chi connectivity index (χ1v) is 10.5. The molecular formula is C21H24F3N3O2S. The molecule has 1 atom stereocenters. The maximum absolute atomic E-state index is 12.9. The van der Waals surface area contributed by atoms with Crippen LogP contribution in [0.1, 0.15) is 18.9 Å². The highest BCUT2D eigenvalue weighted by Crippen LogP contribution is 2.30. The number of hydrogen-bond donors (Lipinski definition) is 0. The maximum Gasteiger partial charge on any atom is 0.417 e. The molecule has 2 heterocycles. The van der Waals surface area contributed by atoms with Crippen molar-refractivity contribution in [2.24, 2.45) is 0 Å². The molecule has 1 aromatic carbocycles. The summed E-state index contributed by atoms with van der Waals surface area (Å²) in [6.45, 7) is 4.18. The number of thioether (sulfide) groups is 1. The van der Waals surface area contributed by atoms with E-state index < -0.39 is 11.7 Å². The molecule has 1 amide bonds. The first-order valence-electron chi connectivity index (χ1n) is 9.65. The maximum atomic E-state index is 12.9. The first-order chi connectivity index (χ1) is 14.3. The Morgan fingerprint density at radius 1 is 1.10 bits per heavy atom. The predicted octanol–water partition coefficient (Wildman–Crippen LogP) is 4.33. The van der Waals surface area contributed by atoms with Crippen molar-refractivity contribution < 1.29 is 22.7 Å². The van der Waals surface area contributed by atoms with Crippen molar-refractivity contribution in [3.63, 3.8) is 0 Å². The molecule has 0 N–H and O–H groups in total. The van der Waals surface area contributed by atoms with Gasteiger partial charge in [0.05, 0.1) is 17.9 Å². The van der Waals surface area contributed by atoms with E-state index in [2.05, 4.69) is 4.98 Å². The SMILES string of the molecule is COc1ccc(SC(C)C(=O)N2CCCN(c3ccc(C(F)(F)F)cn3)CC2)cc1. The lowest BCUT2D eigenvalue weighted by Crippen LogP contribution is -2.39. The minimum absolute atomic E-state index is 0.0537. The number of halogens is 3. The Kier molecular flexibility index (Phi) is 7.12. The molecule has 1 aromatic heterocycles. The molecule has 0 bridgehead atoms. The van der Waals surface area contributed by atoms with Crippen molar-refractivity contribution in [1.29, 1.82) is 0 Å². The second kappa shape index (κ2) is 9.59. The standard InChI is InChI=1S/C21H24F3N3O2S/c1-15(30-18-7-5-17(29-2)6-8-18)20(28)27-11-3-10-26(12-13-27)19-9-4-16(14-25-19)21(22,23)24/h4-9,14-15H,3,10-13H2,1-2H3. The fraction of sp³-hybridized carbons (Fsp3) is 0.429. The second-order valence-corrected chi connectivity index (χ2v) is 8.42. The van der Waals surface area contributed by atoms with E-state index in [4.69, 9.17) is 4.74 Å². The Labute approximate surface area is 178 Å². The highest BCUT2D eigenvalue weighted by Gasteiger charge is 2.31. The molecule has 162 valence electrons. The smallest absolute Gasteiger partial charge is 0.417 e. The van der Waals surface area contributed by atoms with E-state index in [1.165, 1.54) is 17.8 Å². The van der Waals surface area contributed by atoms with E-state index in [0.29, 0.717) is 32.0 Å². The average Bonchev–Trinajstić information content (AvgIpc) is 2.99. The molecule has 5 nitrogen and oxygen atoms in total. The predicted molar refractivity (Wildman–Crippen MR) is 111 cm³/mol. The van der Waals surface area contributed by atoms with Crippen LogP contribution in [-0.2, 0) is 11.0 Å². The van der Waals surface area contributed by atoms with Crippen molar-refractivity contribution in [2.75, 3.05) is 38.2 Å². The number of aromatic nitrogens is 1. The van der Waals surface area contributed by atoms with E-state index in [1.807, 2.05) is 41.0 Å². The molecule has 2 aromatic rings. The highest BCUT2D eigenvalue weighted by atomic mass is 32.2. The van der Waals surface area contributed by atoms with Crippen molar-refractivity contribution in [2.45, 2.75) is 29.7 Å². The van der Waals surface area contributed by atoms with Crippen LogP contribution >= 0.6 is 11.8 Å². The third-order valence-electron chi connectivity index (χ3n) is 4.93. The van der Waals surface area contributed by atoms with Crippen molar-refractivity contribution in [3.8, 4) is 5.75 Å². The highest BCUT2D eigenvalue weighted by molar-refractivity contribution is 8.00. The molecular weight excluding hydrogens is 415 g/mol. The van der Waals surface area contributed by atoms with Gasteiger partial charge in [0.1, 0.15) is 11.6 Å². The number of benzene rings is 1. The molecule has 1 saturated heterocycles. The quantitative estimate of drug-likeness (QED) is 0.649. The fourth-order valence-corrected chi connectivity index (χ4v) is 4.23. The third-order valence-corrected chi connectivity index (χ3v) is 6.03. The number of ether oxygens (including phenoxy) is 1. The first kappa shape index (κ1) is 22.3. The lowest BCUT2D eigenvalue weighted by molar-refractivity contribution is -0.137. The molecule has 0 saturated carbocycles. The van der Waals surface area contributed by atoms with Crippen LogP contribution in [0.5, 0.6) is 5.75 Å². The molecule has 1 fully saturated rings. The molecule has 0 spiro atoms. The molecule has 30 heavy (non-hydrogen) atoms. The normalized spacial score (nSPS) is 16.2. The summed E-state index contributed by atoms with van der Waals surface area (Å²) in [5.41, 5.74) is -0.762. The van der Waals surface area contributed by atoms with Gasteiger partial charge in [0.2, 0.25) is 5.91 Å². The number of hydrogen-bond acceptors (Lipinski definition) is 5. The molecule has 1 aliphatic heterocycles. The van der Waals surface area contributed by atoms with Gasteiger partial charge < -0.3 is 14.5 Å².